The summed E-state index contributed by atoms with van der Waals surface area (Å²) in [6.45, 7) is 2.06. The molecule has 0 aromatic heterocycles. The van der Waals surface area contributed by atoms with Crippen molar-refractivity contribution in [2.24, 2.45) is 0 Å². The Balaban J connectivity index is 1.99. The summed E-state index contributed by atoms with van der Waals surface area (Å²) in [5.41, 5.74) is 2.98. The summed E-state index contributed by atoms with van der Waals surface area (Å²) in [6.07, 6.45) is 0. The molecule has 5 heteroatoms. The van der Waals surface area contributed by atoms with Crippen LogP contribution in [0.3, 0.4) is 0 Å². The molecule has 106 valence electrons. The maximum atomic E-state index is 11.9. The monoisotopic (exact) mass is 343 g/mol. The Labute approximate surface area is 131 Å². The molecule has 0 radical (unpaired) electrons. The molecule has 0 spiro atoms. The van der Waals surface area contributed by atoms with Crippen LogP contribution in [0.1, 0.15) is 11.1 Å². The zero-order valence-corrected chi connectivity index (χ0v) is 13.1. The number of rotatable bonds is 4. The number of anilines is 2. The molecule has 0 bridgehead atoms. The molecule has 0 aliphatic carbocycles. The number of amides is 1. The number of benzene rings is 2. The first kappa shape index (κ1) is 15.1. The number of nitriles is 1. The second-order valence-electron chi connectivity index (χ2n) is 4.57. The van der Waals surface area contributed by atoms with Crippen LogP contribution in [0.25, 0.3) is 0 Å². The van der Waals surface area contributed by atoms with E-state index in [1.807, 2.05) is 31.2 Å². The Bertz CT molecular complexity index is 707. The van der Waals surface area contributed by atoms with Crippen molar-refractivity contribution in [1.82, 2.24) is 0 Å². The molecular weight excluding hydrogens is 330 g/mol. The van der Waals surface area contributed by atoms with E-state index in [4.69, 9.17) is 5.26 Å². The maximum Gasteiger partial charge on any atom is 0.243 e. The van der Waals surface area contributed by atoms with Gasteiger partial charge in [0.05, 0.1) is 17.8 Å². The van der Waals surface area contributed by atoms with Crippen LogP contribution < -0.4 is 10.6 Å². The molecule has 0 saturated carbocycles. The van der Waals surface area contributed by atoms with Crippen LogP contribution in [0.15, 0.2) is 46.9 Å². The first-order chi connectivity index (χ1) is 10.1. The molecule has 21 heavy (non-hydrogen) atoms. The van der Waals surface area contributed by atoms with E-state index in [0.717, 1.165) is 15.7 Å². The minimum Gasteiger partial charge on any atom is -0.375 e. The molecule has 4 nitrogen and oxygen atoms in total. The topological polar surface area (TPSA) is 64.9 Å². The largest absolute Gasteiger partial charge is 0.375 e. The second-order valence-corrected chi connectivity index (χ2v) is 5.49. The fraction of sp³-hybridized carbons (Fsp3) is 0.125. The van der Waals surface area contributed by atoms with Crippen molar-refractivity contribution in [3.63, 3.8) is 0 Å². The predicted octanol–water partition coefficient (Wildman–Crippen LogP) is 3.68. The Kier molecular flexibility index (Phi) is 4.96. The van der Waals surface area contributed by atoms with Crippen LogP contribution in [0.5, 0.6) is 0 Å². The molecule has 0 atom stereocenters. The lowest BCUT2D eigenvalue weighted by Crippen LogP contribution is -2.22. The summed E-state index contributed by atoms with van der Waals surface area (Å²) in [5, 5.41) is 14.8. The number of hydrogen-bond acceptors (Lipinski definition) is 3. The second kappa shape index (κ2) is 6.91. The highest BCUT2D eigenvalue weighted by Crippen LogP contribution is 2.20. The number of halogens is 1. The molecule has 2 aromatic carbocycles. The molecule has 2 rings (SSSR count). The van der Waals surface area contributed by atoms with E-state index in [2.05, 4.69) is 32.6 Å². The lowest BCUT2D eigenvalue weighted by Gasteiger charge is -2.10. The van der Waals surface area contributed by atoms with Gasteiger partial charge in [-0.2, -0.15) is 5.26 Å². The highest BCUT2D eigenvalue weighted by molar-refractivity contribution is 9.10. The normalized spacial score (nSPS) is 9.76. The first-order valence-electron chi connectivity index (χ1n) is 6.38. The quantitative estimate of drug-likeness (QED) is 0.889. The molecule has 2 aromatic rings. The zero-order chi connectivity index (χ0) is 15.2. The van der Waals surface area contributed by atoms with Gasteiger partial charge in [-0.3, -0.25) is 4.79 Å². The number of nitrogens with zero attached hydrogens (tertiary/aromatic N) is 1. The SMILES string of the molecule is Cc1cccc(NC(=O)CNc2cc(Br)ccc2C#N)c1. The molecule has 1 amide bonds. The molecule has 0 unspecified atom stereocenters. The lowest BCUT2D eigenvalue weighted by atomic mass is 10.2. The van der Waals surface area contributed by atoms with Crippen LogP contribution in [-0.2, 0) is 4.79 Å². The average molecular weight is 344 g/mol. The average Bonchev–Trinajstić information content (AvgIpc) is 2.45. The maximum absolute atomic E-state index is 11.9. The van der Waals surface area contributed by atoms with Crippen LogP contribution in [-0.4, -0.2) is 12.5 Å². The molecule has 0 fully saturated rings. The van der Waals surface area contributed by atoms with Gasteiger partial charge in [0.1, 0.15) is 6.07 Å². The standard InChI is InChI=1S/C16H14BrN3O/c1-11-3-2-4-14(7-11)20-16(21)10-19-15-8-13(17)6-5-12(15)9-18/h2-8,19H,10H2,1H3,(H,20,21). The third-order valence-corrected chi connectivity index (χ3v) is 3.34. The van der Waals surface area contributed by atoms with Gasteiger partial charge in [0, 0.05) is 10.2 Å². The third kappa shape index (κ3) is 4.33. The van der Waals surface area contributed by atoms with Crippen molar-refractivity contribution in [3.05, 3.63) is 58.1 Å². The molecular formula is C16H14BrN3O. The summed E-state index contributed by atoms with van der Waals surface area (Å²) < 4.78 is 0.850. The first-order valence-corrected chi connectivity index (χ1v) is 7.18. The van der Waals surface area contributed by atoms with Crippen molar-refractivity contribution in [2.75, 3.05) is 17.2 Å². The van der Waals surface area contributed by atoms with Gasteiger partial charge in [-0.15, -0.1) is 0 Å². The number of carbonyl (C=O) groups excluding carboxylic acids is 1. The van der Waals surface area contributed by atoms with Crippen molar-refractivity contribution < 1.29 is 4.79 Å². The number of aryl methyl sites for hydroxylation is 1. The number of carbonyl (C=O) groups is 1. The molecule has 0 saturated heterocycles. The van der Waals surface area contributed by atoms with Crippen molar-refractivity contribution in [3.8, 4) is 6.07 Å². The summed E-state index contributed by atoms with van der Waals surface area (Å²) in [7, 11) is 0. The smallest absolute Gasteiger partial charge is 0.243 e. The fourth-order valence-electron chi connectivity index (χ4n) is 1.86. The fourth-order valence-corrected chi connectivity index (χ4v) is 2.22. The van der Waals surface area contributed by atoms with E-state index in [1.165, 1.54) is 0 Å². The summed E-state index contributed by atoms with van der Waals surface area (Å²) >= 11 is 3.34. The van der Waals surface area contributed by atoms with Gasteiger partial charge in [-0.25, -0.2) is 0 Å². The summed E-state index contributed by atoms with van der Waals surface area (Å²) in [6, 6.07) is 14.9. The van der Waals surface area contributed by atoms with Gasteiger partial charge in [0.25, 0.3) is 0 Å². The summed E-state index contributed by atoms with van der Waals surface area (Å²) in [4.78, 5) is 11.9. The van der Waals surface area contributed by atoms with Crippen molar-refractivity contribution in [2.45, 2.75) is 6.92 Å². The molecule has 0 aliphatic rings. The van der Waals surface area contributed by atoms with Gasteiger partial charge in [-0.05, 0) is 42.8 Å². The van der Waals surface area contributed by atoms with E-state index in [0.29, 0.717) is 11.3 Å². The molecule has 2 N–H and O–H groups in total. The van der Waals surface area contributed by atoms with E-state index in [-0.39, 0.29) is 12.5 Å². The zero-order valence-electron chi connectivity index (χ0n) is 11.5. The Morgan fingerprint density at radius 3 is 2.81 bits per heavy atom. The Hall–Kier alpha value is -2.32. The van der Waals surface area contributed by atoms with Crippen LogP contribution >= 0.6 is 15.9 Å². The molecule has 0 heterocycles. The van der Waals surface area contributed by atoms with Crippen molar-refractivity contribution >= 4 is 33.2 Å². The van der Waals surface area contributed by atoms with Crippen LogP contribution in [0, 0.1) is 18.3 Å². The summed E-state index contributed by atoms with van der Waals surface area (Å²) in [5.74, 6) is -0.163. The molecule has 0 aliphatic heterocycles. The number of hydrogen-bond donors (Lipinski definition) is 2. The van der Waals surface area contributed by atoms with Gasteiger partial charge in [-0.1, -0.05) is 28.1 Å². The minimum atomic E-state index is -0.163. The van der Waals surface area contributed by atoms with E-state index < -0.39 is 0 Å². The lowest BCUT2D eigenvalue weighted by molar-refractivity contribution is -0.114. The van der Waals surface area contributed by atoms with Gasteiger partial charge >= 0.3 is 0 Å². The Morgan fingerprint density at radius 1 is 1.29 bits per heavy atom. The van der Waals surface area contributed by atoms with E-state index in [9.17, 15) is 4.79 Å². The highest BCUT2D eigenvalue weighted by atomic mass is 79.9. The van der Waals surface area contributed by atoms with Gasteiger partial charge in [0.2, 0.25) is 5.91 Å². The predicted molar refractivity (Wildman–Crippen MR) is 87.2 cm³/mol. The highest BCUT2D eigenvalue weighted by Gasteiger charge is 2.06. The number of nitrogens with one attached hydrogen (secondary N) is 2. The van der Waals surface area contributed by atoms with Crippen LogP contribution in [0.2, 0.25) is 0 Å². The van der Waals surface area contributed by atoms with E-state index in [1.54, 1.807) is 18.2 Å². The van der Waals surface area contributed by atoms with Crippen molar-refractivity contribution in [1.29, 1.82) is 5.26 Å². The van der Waals surface area contributed by atoms with Gasteiger partial charge < -0.3 is 10.6 Å². The van der Waals surface area contributed by atoms with Crippen LogP contribution in [0.4, 0.5) is 11.4 Å². The van der Waals surface area contributed by atoms with Gasteiger partial charge in [0.15, 0.2) is 0 Å². The third-order valence-electron chi connectivity index (χ3n) is 2.84. The van der Waals surface area contributed by atoms with E-state index >= 15 is 0 Å². The Morgan fingerprint density at radius 2 is 2.10 bits per heavy atom. The minimum absolute atomic E-state index is 0.0963.